The van der Waals surface area contributed by atoms with Crippen molar-refractivity contribution in [2.45, 2.75) is 38.6 Å². The zero-order valence-electron chi connectivity index (χ0n) is 15.0. The van der Waals surface area contributed by atoms with Crippen molar-refractivity contribution in [1.82, 2.24) is 9.80 Å². The van der Waals surface area contributed by atoms with Gasteiger partial charge in [0.15, 0.2) is 5.78 Å². The highest BCUT2D eigenvalue weighted by atomic mass is 35.5. The minimum absolute atomic E-state index is 0.0213. The number of likely N-dealkylation sites (tertiary alicyclic amines) is 1. The lowest BCUT2D eigenvalue weighted by Gasteiger charge is -2.37. The van der Waals surface area contributed by atoms with Crippen LogP contribution in [0.3, 0.4) is 0 Å². The van der Waals surface area contributed by atoms with Crippen LogP contribution in [0.2, 0.25) is 5.02 Å². The van der Waals surface area contributed by atoms with Crippen LogP contribution in [0.5, 0.6) is 0 Å². The average molecular weight is 381 g/mol. The molecule has 1 aliphatic rings. The topological polar surface area (TPSA) is 77.9 Å². The van der Waals surface area contributed by atoms with Gasteiger partial charge in [-0.3, -0.25) is 19.3 Å². The Hall–Kier alpha value is -1.92. The van der Waals surface area contributed by atoms with Crippen molar-refractivity contribution < 1.29 is 19.5 Å². The summed E-state index contributed by atoms with van der Waals surface area (Å²) in [5.41, 5.74) is 0.563. The van der Waals surface area contributed by atoms with Gasteiger partial charge in [0.1, 0.15) is 0 Å². The molecule has 0 spiro atoms. The van der Waals surface area contributed by atoms with Gasteiger partial charge in [-0.2, -0.15) is 0 Å². The largest absolute Gasteiger partial charge is 0.480 e. The zero-order valence-corrected chi connectivity index (χ0v) is 15.7. The Morgan fingerprint density at radius 1 is 1.15 bits per heavy atom. The number of carboxylic acid groups (broad SMARTS) is 1. The van der Waals surface area contributed by atoms with E-state index >= 15 is 0 Å². The number of benzene rings is 1. The first-order valence-corrected chi connectivity index (χ1v) is 9.31. The third kappa shape index (κ3) is 5.81. The lowest BCUT2D eigenvalue weighted by molar-refractivity contribution is -0.140. The summed E-state index contributed by atoms with van der Waals surface area (Å²) in [6.07, 6.45) is 1.90. The molecule has 6 nitrogen and oxygen atoms in total. The van der Waals surface area contributed by atoms with Crippen LogP contribution in [0.4, 0.5) is 0 Å². The van der Waals surface area contributed by atoms with Crippen molar-refractivity contribution >= 4 is 29.3 Å². The summed E-state index contributed by atoms with van der Waals surface area (Å²) >= 11 is 5.81. The molecule has 1 saturated heterocycles. The second kappa shape index (κ2) is 9.69. The monoisotopic (exact) mass is 380 g/mol. The number of ketones is 1. The molecular weight excluding hydrogens is 356 g/mol. The summed E-state index contributed by atoms with van der Waals surface area (Å²) in [5, 5.41) is 9.55. The first-order valence-electron chi connectivity index (χ1n) is 8.93. The molecule has 0 aliphatic carbocycles. The number of hydrogen-bond donors (Lipinski definition) is 1. The molecule has 1 aromatic carbocycles. The molecule has 0 unspecified atom stereocenters. The summed E-state index contributed by atoms with van der Waals surface area (Å²) in [4.78, 5) is 39.1. The van der Waals surface area contributed by atoms with Crippen molar-refractivity contribution in [3.05, 3.63) is 34.9 Å². The summed E-state index contributed by atoms with van der Waals surface area (Å²) in [7, 11) is 0. The number of hydrogen-bond acceptors (Lipinski definition) is 4. The Morgan fingerprint density at radius 3 is 2.31 bits per heavy atom. The Bertz CT molecular complexity index is 639. The van der Waals surface area contributed by atoms with Gasteiger partial charge in [0.2, 0.25) is 5.91 Å². The Morgan fingerprint density at radius 2 is 1.77 bits per heavy atom. The van der Waals surface area contributed by atoms with Crippen LogP contribution in [-0.2, 0) is 9.59 Å². The molecule has 142 valence electrons. The molecule has 1 N–H and O–H groups in total. The number of aliphatic carboxylic acids is 1. The van der Waals surface area contributed by atoms with Crippen LogP contribution in [-0.4, -0.2) is 64.8 Å². The first-order chi connectivity index (χ1) is 12.4. The van der Waals surface area contributed by atoms with E-state index in [1.165, 1.54) is 0 Å². The Labute approximate surface area is 158 Å². The average Bonchev–Trinajstić information content (AvgIpc) is 2.64. The number of rotatable bonds is 8. The van der Waals surface area contributed by atoms with E-state index in [1.807, 2.05) is 11.8 Å². The summed E-state index contributed by atoms with van der Waals surface area (Å²) in [6.45, 7) is 3.87. The number of piperidine rings is 1. The second-order valence-electron chi connectivity index (χ2n) is 6.50. The van der Waals surface area contributed by atoms with Crippen LogP contribution in [0.25, 0.3) is 0 Å². The molecule has 0 saturated carbocycles. The molecule has 1 heterocycles. The van der Waals surface area contributed by atoms with Gasteiger partial charge in [-0.15, -0.1) is 0 Å². The highest BCUT2D eigenvalue weighted by molar-refractivity contribution is 6.30. The SMILES string of the molecule is CCN(CC(=O)O)C1CCN(C(=O)CCC(=O)c2ccc(Cl)cc2)CC1. The number of carboxylic acids is 1. The third-order valence-electron chi connectivity index (χ3n) is 4.81. The lowest BCUT2D eigenvalue weighted by atomic mass is 10.0. The van der Waals surface area contributed by atoms with E-state index in [1.54, 1.807) is 29.2 Å². The van der Waals surface area contributed by atoms with Crippen LogP contribution < -0.4 is 0 Å². The summed E-state index contributed by atoms with van der Waals surface area (Å²) in [6, 6.07) is 6.86. The number of nitrogens with zero attached hydrogens (tertiary/aromatic N) is 2. The number of carbonyl (C=O) groups excluding carboxylic acids is 2. The van der Waals surface area contributed by atoms with E-state index in [0.717, 1.165) is 12.8 Å². The molecule has 26 heavy (non-hydrogen) atoms. The van der Waals surface area contributed by atoms with Crippen molar-refractivity contribution in [3.8, 4) is 0 Å². The zero-order chi connectivity index (χ0) is 19.1. The maximum atomic E-state index is 12.4. The minimum Gasteiger partial charge on any atom is -0.480 e. The number of carbonyl (C=O) groups is 3. The van der Waals surface area contributed by atoms with Gasteiger partial charge in [-0.1, -0.05) is 18.5 Å². The molecule has 1 aromatic rings. The molecule has 1 amide bonds. The highest BCUT2D eigenvalue weighted by Crippen LogP contribution is 2.18. The molecule has 1 aliphatic heterocycles. The lowest BCUT2D eigenvalue weighted by Crippen LogP contribution is -2.48. The normalized spacial score (nSPS) is 15.3. The van der Waals surface area contributed by atoms with E-state index < -0.39 is 5.97 Å². The van der Waals surface area contributed by atoms with Gasteiger partial charge in [0, 0.05) is 42.6 Å². The van der Waals surface area contributed by atoms with E-state index in [2.05, 4.69) is 0 Å². The van der Waals surface area contributed by atoms with Crippen molar-refractivity contribution in [2.75, 3.05) is 26.2 Å². The molecule has 2 rings (SSSR count). The molecule has 0 aromatic heterocycles. The van der Waals surface area contributed by atoms with Gasteiger partial charge in [0.05, 0.1) is 6.54 Å². The van der Waals surface area contributed by atoms with Gasteiger partial charge < -0.3 is 10.0 Å². The predicted octanol–water partition coefficient (Wildman–Crippen LogP) is 2.70. The molecule has 0 bridgehead atoms. The molecular formula is C19H25ClN2O4. The second-order valence-corrected chi connectivity index (χ2v) is 6.94. The van der Waals surface area contributed by atoms with Gasteiger partial charge >= 0.3 is 5.97 Å². The number of likely N-dealkylation sites (N-methyl/N-ethyl adjacent to an activating group) is 1. The van der Waals surface area contributed by atoms with E-state index in [9.17, 15) is 14.4 Å². The summed E-state index contributed by atoms with van der Waals surface area (Å²) < 4.78 is 0. The van der Waals surface area contributed by atoms with Gasteiger partial charge in [0.25, 0.3) is 0 Å². The van der Waals surface area contributed by atoms with Crippen molar-refractivity contribution in [3.63, 3.8) is 0 Å². The third-order valence-corrected chi connectivity index (χ3v) is 5.06. The quantitative estimate of drug-likeness (QED) is 0.701. The van der Waals surface area contributed by atoms with E-state index in [-0.39, 0.29) is 37.1 Å². The van der Waals surface area contributed by atoms with Crippen molar-refractivity contribution in [2.24, 2.45) is 0 Å². The van der Waals surface area contributed by atoms with E-state index in [0.29, 0.717) is 30.2 Å². The smallest absolute Gasteiger partial charge is 0.317 e. The van der Waals surface area contributed by atoms with Crippen LogP contribution >= 0.6 is 11.6 Å². The van der Waals surface area contributed by atoms with Gasteiger partial charge in [-0.25, -0.2) is 0 Å². The fraction of sp³-hybridized carbons (Fsp3) is 0.526. The first kappa shape index (κ1) is 20.4. The van der Waals surface area contributed by atoms with Gasteiger partial charge in [-0.05, 0) is 43.7 Å². The number of amides is 1. The van der Waals surface area contributed by atoms with Crippen LogP contribution in [0.15, 0.2) is 24.3 Å². The molecule has 1 fully saturated rings. The minimum atomic E-state index is -0.828. The van der Waals surface area contributed by atoms with Crippen LogP contribution in [0, 0.1) is 0 Å². The maximum Gasteiger partial charge on any atom is 0.317 e. The van der Waals surface area contributed by atoms with Crippen molar-refractivity contribution in [1.29, 1.82) is 0 Å². The molecule has 7 heteroatoms. The fourth-order valence-corrected chi connectivity index (χ4v) is 3.44. The number of halogens is 1. The maximum absolute atomic E-state index is 12.4. The number of Topliss-reactive ketones (excluding diaryl/α,β-unsaturated/α-hetero) is 1. The van der Waals surface area contributed by atoms with E-state index in [4.69, 9.17) is 16.7 Å². The molecule has 0 atom stereocenters. The fourth-order valence-electron chi connectivity index (χ4n) is 3.31. The highest BCUT2D eigenvalue weighted by Gasteiger charge is 2.27. The predicted molar refractivity (Wildman–Crippen MR) is 99.5 cm³/mol. The van der Waals surface area contributed by atoms with Crippen LogP contribution in [0.1, 0.15) is 43.0 Å². The molecule has 0 radical (unpaired) electrons. The standard InChI is InChI=1S/C19H25ClN2O4/c1-2-21(13-19(25)26)16-9-11-22(12-10-16)18(24)8-7-17(23)14-3-5-15(20)6-4-14/h3-6,16H,2,7-13H2,1H3,(H,25,26). The summed E-state index contributed by atoms with van der Waals surface area (Å²) in [5.74, 6) is -0.915. The Kier molecular flexibility index (Phi) is 7.60. The Balaban J connectivity index is 1.78.